The Morgan fingerprint density at radius 3 is 2.70 bits per heavy atom. The summed E-state index contributed by atoms with van der Waals surface area (Å²) in [5, 5.41) is 0. The SMILES string of the molecule is C#C[CH]c1ccccc1F. The lowest BCUT2D eigenvalue weighted by Crippen LogP contribution is -1.83. The molecule has 0 atom stereocenters. The van der Waals surface area contributed by atoms with Crippen molar-refractivity contribution < 1.29 is 4.39 Å². The average molecular weight is 133 g/mol. The summed E-state index contributed by atoms with van der Waals surface area (Å²) >= 11 is 0. The van der Waals surface area contributed by atoms with Crippen LogP contribution in [0.15, 0.2) is 24.3 Å². The third-order valence-corrected chi connectivity index (χ3v) is 1.14. The van der Waals surface area contributed by atoms with Gasteiger partial charge in [-0.25, -0.2) is 4.39 Å². The standard InChI is InChI=1S/C9H6F/c1-2-5-8-6-3-4-7-9(8)10/h1,3-7H. The molecule has 0 aliphatic carbocycles. The molecule has 0 amide bonds. The van der Waals surface area contributed by atoms with Crippen molar-refractivity contribution in [1.82, 2.24) is 0 Å². The molecule has 0 heterocycles. The maximum absolute atomic E-state index is 12.6. The molecule has 0 aliphatic heterocycles. The molecule has 0 saturated heterocycles. The Morgan fingerprint density at radius 2 is 2.10 bits per heavy atom. The first-order valence-electron chi connectivity index (χ1n) is 2.88. The lowest BCUT2D eigenvalue weighted by atomic mass is 10.1. The first-order chi connectivity index (χ1) is 4.84. The van der Waals surface area contributed by atoms with Gasteiger partial charge in [-0.15, -0.1) is 6.42 Å². The van der Waals surface area contributed by atoms with Gasteiger partial charge in [0.1, 0.15) is 5.82 Å². The molecule has 0 aliphatic rings. The molecule has 0 spiro atoms. The summed E-state index contributed by atoms with van der Waals surface area (Å²) in [5.41, 5.74) is 0.463. The minimum absolute atomic E-state index is 0.277. The number of hydrogen-bond donors (Lipinski definition) is 0. The van der Waals surface area contributed by atoms with Crippen molar-refractivity contribution in [2.75, 3.05) is 0 Å². The fourth-order valence-electron chi connectivity index (χ4n) is 0.682. The zero-order valence-electron chi connectivity index (χ0n) is 5.34. The number of benzene rings is 1. The van der Waals surface area contributed by atoms with Crippen molar-refractivity contribution in [3.05, 3.63) is 42.1 Å². The van der Waals surface area contributed by atoms with Crippen LogP contribution in [0.1, 0.15) is 5.56 Å². The van der Waals surface area contributed by atoms with Gasteiger partial charge in [0.05, 0.1) is 6.42 Å². The van der Waals surface area contributed by atoms with E-state index in [4.69, 9.17) is 6.42 Å². The molecule has 0 aromatic heterocycles. The maximum atomic E-state index is 12.6. The number of terminal acetylenes is 1. The highest BCUT2D eigenvalue weighted by Gasteiger charge is 1.96. The number of rotatable bonds is 1. The molecule has 1 aromatic carbocycles. The van der Waals surface area contributed by atoms with Crippen LogP contribution >= 0.6 is 0 Å². The summed E-state index contributed by atoms with van der Waals surface area (Å²) in [6.07, 6.45) is 6.36. The molecule has 0 nitrogen and oxygen atoms in total. The smallest absolute Gasteiger partial charge is 0.127 e. The first-order valence-corrected chi connectivity index (χ1v) is 2.88. The van der Waals surface area contributed by atoms with Crippen molar-refractivity contribution in [3.63, 3.8) is 0 Å². The van der Waals surface area contributed by atoms with E-state index in [1.165, 1.54) is 12.5 Å². The largest absolute Gasteiger partial charge is 0.207 e. The third-order valence-electron chi connectivity index (χ3n) is 1.14. The average Bonchev–Trinajstić information content (AvgIpc) is 1.94. The highest BCUT2D eigenvalue weighted by atomic mass is 19.1. The van der Waals surface area contributed by atoms with Crippen LogP contribution in [-0.4, -0.2) is 0 Å². The summed E-state index contributed by atoms with van der Waals surface area (Å²) < 4.78 is 12.6. The van der Waals surface area contributed by atoms with E-state index < -0.39 is 0 Å². The molecule has 0 saturated carbocycles. The highest BCUT2D eigenvalue weighted by molar-refractivity contribution is 5.31. The Bertz CT molecular complexity index is 258. The molecule has 0 bridgehead atoms. The second-order valence-corrected chi connectivity index (χ2v) is 1.83. The van der Waals surface area contributed by atoms with Gasteiger partial charge < -0.3 is 0 Å². The summed E-state index contributed by atoms with van der Waals surface area (Å²) in [6.45, 7) is 0. The highest BCUT2D eigenvalue weighted by Crippen LogP contribution is 2.06. The normalized spacial score (nSPS) is 8.80. The van der Waals surface area contributed by atoms with E-state index in [0.29, 0.717) is 5.56 Å². The van der Waals surface area contributed by atoms with Gasteiger partial charge in [0, 0.05) is 5.56 Å². The van der Waals surface area contributed by atoms with Crippen molar-refractivity contribution >= 4 is 0 Å². The minimum Gasteiger partial charge on any atom is -0.207 e. The van der Waals surface area contributed by atoms with E-state index in [1.54, 1.807) is 18.2 Å². The molecule has 1 aromatic rings. The first kappa shape index (κ1) is 6.82. The molecule has 1 heteroatoms. The van der Waals surface area contributed by atoms with Crippen LogP contribution in [0.4, 0.5) is 4.39 Å². The van der Waals surface area contributed by atoms with Gasteiger partial charge >= 0.3 is 0 Å². The Kier molecular flexibility index (Phi) is 2.07. The van der Waals surface area contributed by atoms with Gasteiger partial charge in [0.25, 0.3) is 0 Å². The van der Waals surface area contributed by atoms with E-state index in [0.717, 1.165) is 0 Å². The summed E-state index contributed by atoms with van der Waals surface area (Å²) in [4.78, 5) is 0. The Morgan fingerprint density at radius 1 is 1.40 bits per heavy atom. The monoisotopic (exact) mass is 133 g/mol. The van der Waals surface area contributed by atoms with Crippen LogP contribution in [0.25, 0.3) is 0 Å². The molecular formula is C9H6F. The zero-order chi connectivity index (χ0) is 7.40. The van der Waals surface area contributed by atoms with Crippen molar-refractivity contribution in [3.8, 4) is 12.3 Å². The van der Waals surface area contributed by atoms with Crippen LogP contribution < -0.4 is 0 Å². The van der Waals surface area contributed by atoms with Gasteiger partial charge in [-0.2, -0.15) is 0 Å². The quantitative estimate of drug-likeness (QED) is 0.514. The van der Waals surface area contributed by atoms with Crippen molar-refractivity contribution in [2.45, 2.75) is 0 Å². The second-order valence-electron chi connectivity index (χ2n) is 1.83. The molecule has 1 rings (SSSR count). The topological polar surface area (TPSA) is 0 Å². The summed E-state index contributed by atoms with van der Waals surface area (Å²) in [7, 11) is 0. The van der Waals surface area contributed by atoms with Gasteiger partial charge in [-0.1, -0.05) is 24.1 Å². The van der Waals surface area contributed by atoms with E-state index in [2.05, 4.69) is 5.92 Å². The van der Waals surface area contributed by atoms with Crippen LogP contribution in [-0.2, 0) is 0 Å². The van der Waals surface area contributed by atoms with Crippen molar-refractivity contribution in [2.24, 2.45) is 0 Å². The molecule has 0 unspecified atom stereocenters. The van der Waals surface area contributed by atoms with E-state index in [9.17, 15) is 4.39 Å². The molecule has 0 fully saturated rings. The lowest BCUT2D eigenvalue weighted by Gasteiger charge is -1.93. The molecule has 1 radical (unpaired) electrons. The van der Waals surface area contributed by atoms with Crippen molar-refractivity contribution in [1.29, 1.82) is 0 Å². The number of hydrogen-bond acceptors (Lipinski definition) is 0. The fourth-order valence-corrected chi connectivity index (χ4v) is 0.682. The van der Waals surface area contributed by atoms with Crippen LogP contribution in [0.3, 0.4) is 0 Å². The molecule has 49 valence electrons. The van der Waals surface area contributed by atoms with E-state index in [-0.39, 0.29) is 5.82 Å². The molecule has 10 heavy (non-hydrogen) atoms. The summed E-state index contributed by atoms with van der Waals surface area (Å²) in [5.74, 6) is 1.98. The second kappa shape index (κ2) is 3.03. The van der Waals surface area contributed by atoms with Gasteiger partial charge in [0.2, 0.25) is 0 Å². The lowest BCUT2D eigenvalue weighted by molar-refractivity contribution is 0.621. The fraction of sp³-hybridized carbons (Fsp3) is 0. The Balaban J connectivity index is 2.94. The van der Waals surface area contributed by atoms with Crippen LogP contribution in [0.5, 0.6) is 0 Å². The third kappa shape index (κ3) is 1.35. The number of halogens is 1. The Hall–Kier alpha value is -1.29. The van der Waals surface area contributed by atoms with Crippen LogP contribution in [0.2, 0.25) is 0 Å². The predicted molar refractivity (Wildman–Crippen MR) is 38.6 cm³/mol. The molecule has 0 N–H and O–H groups in total. The predicted octanol–water partition coefficient (Wildman–Crippen LogP) is 2.01. The van der Waals surface area contributed by atoms with E-state index >= 15 is 0 Å². The molecular weight excluding hydrogens is 127 g/mol. The maximum Gasteiger partial charge on any atom is 0.127 e. The van der Waals surface area contributed by atoms with Crippen LogP contribution in [0, 0.1) is 24.6 Å². The van der Waals surface area contributed by atoms with Gasteiger partial charge in [-0.3, -0.25) is 0 Å². The van der Waals surface area contributed by atoms with Gasteiger partial charge in [-0.05, 0) is 6.07 Å². The zero-order valence-corrected chi connectivity index (χ0v) is 5.34. The summed E-state index contributed by atoms with van der Waals surface area (Å²) in [6, 6.07) is 6.38. The Labute approximate surface area is 59.7 Å². The van der Waals surface area contributed by atoms with Gasteiger partial charge in [0.15, 0.2) is 0 Å². The van der Waals surface area contributed by atoms with E-state index in [1.807, 2.05) is 0 Å². The minimum atomic E-state index is -0.277.